The molecule has 0 atom stereocenters. The van der Waals surface area contributed by atoms with Crippen molar-refractivity contribution in [3.05, 3.63) is 59.0 Å². The normalized spacial score (nSPS) is 15.1. The van der Waals surface area contributed by atoms with Gasteiger partial charge in [-0.3, -0.25) is 4.98 Å². The standard InChI is InChI=1S/C22H25ClN6/c1-4-15(2)25-22-26-16(3)13-21(27-22)29-11-9-28(10-12-29)20-7-8-24-19-14-17(23)5-6-18(19)20/h4-8,13-14H,9-12H2,1-3H3,(H,25,26,27)/b15-4+. The average molecular weight is 409 g/mol. The molecule has 0 amide bonds. The van der Waals surface area contributed by atoms with Gasteiger partial charge in [-0.05, 0) is 45.0 Å². The number of hydrogen-bond donors (Lipinski definition) is 1. The highest BCUT2D eigenvalue weighted by molar-refractivity contribution is 6.31. The molecule has 0 aliphatic carbocycles. The van der Waals surface area contributed by atoms with E-state index in [-0.39, 0.29) is 0 Å². The van der Waals surface area contributed by atoms with Crippen LogP contribution in [0.1, 0.15) is 19.5 Å². The third kappa shape index (κ3) is 4.27. The average Bonchev–Trinajstić information content (AvgIpc) is 2.72. The molecule has 0 saturated carbocycles. The Hall–Kier alpha value is -2.86. The van der Waals surface area contributed by atoms with Crippen LogP contribution >= 0.6 is 11.6 Å². The zero-order valence-electron chi connectivity index (χ0n) is 17.0. The van der Waals surface area contributed by atoms with Crippen molar-refractivity contribution in [2.45, 2.75) is 20.8 Å². The summed E-state index contributed by atoms with van der Waals surface area (Å²) in [6.45, 7) is 9.64. The second kappa shape index (κ2) is 8.25. The predicted molar refractivity (Wildman–Crippen MR) is 121 cm³/mol. The van der Waals surface area contributed by atoms with Crippen LogP contribution in [0.5, 0.6) is 0 Å². The fourth-order valence-electron chi connectivity index (χ4n) is 3.58. The van der Waals surface area contributed by atoms with E-state index in [1.165, 1.54) is 5.69 Å². The number of aryl methyl sites for hydroxylation is 1. The van der Waals surface area contributed by atoms with Crippen molar-refractivity contribution in [3.8, 4) is 0 Å². The highest BCUT2D eigenvalue weighted by Crippen LogP contribution is 2.29. The van der Waals surface area contributed by atoms with E-state index in [1.54, 1.807) is 0 Å². The molecule has 0 unspecified atom stereocenters. The molecule has 3 heterocycles. The largest absolute Gasteiger partial charge is 0.367 e. The summed E-state index contributed by atoms with van der Waals surface area (Å²) in [4.78, 5) is 18.4. The van der Waals surface area contributed by atoms with Gasteiger partial charge in [0.25, 0.3) is 0 Å². The summed E-state index contributed by atoms with van der Waals surface area (Å²) in [5.41, 5.74) is 4.13. The van der Waals surface area contributed by atoms with Gasteiger partial charge in [0.05, 0.1) is 5.52 Å². The van der Waals surface area contributed by atoms with Gasteiger partial charge in [-0.1, -0.05) is 17.7 Å². The van der Waals surface area contributed by atoms with Crippen molar-refractivity contribution in [1.29, 1.82) is 0 Å². The lowest BCUT2D eigenvalue weighted by molar-refractivity contribution is 0.648. The van der Waals surface area contributed by atoms with Crippen LogP contribution in [-0.4, -0.2) is 41.1 Å². The van der Waals surface area contributed by atoms with Gasteiger partial charge in [-0.25, -0.2) is 4.98 Å². The first-order valence-corrected chi connectivity index (χ1v) is 10.2. The molecule has 6 nitrogen and oxygen atoms in total. The van der Waals surface area contributed by atoms with Crippen LogP contribution in [0.15, 0.2) is 48.3 Å². The Kier molecular flexibility index (Phi) is 5.53. The number of benzene rings is 1. The molecule has 7 heteroatoms. The second-order valence-corrected chi connectivity index (χ2v) is 7.69. The number of nitrogens with one attached hydrogen (secondary N) is 1. The van der Waals surface area contributed by atoms with Gasteiger partial charge in [0.1, 0.15) is 5.82 Å². The fraction of sp³-hybridized carbons (Fsp3) is 0.318. The molecule has 150 valence electrons. The molecule has 0 spiro atoms. The maximum Gasteiger partial charge on any atom is 0.229 e. The maximum atomic E-state index is 6.13. The summed E-state index contributed by atoms with van der Waals surface area (Å²) in [7, 11) is 0. The summed E-state index contributed by atoms with van der Waals surface area (Å²) in [5, 5.41) is 5.10. The Morgan fingerprint density at radius 1 is 1.07 bits per heavy atom. The number of halogens is 1. The van der Waals surface area contributed by atoms with Gasteiger partial charge >= 0.3 is 0 Å². The minimum absolute atomic E-state index is 0.648. The van der Waals surface area contributed by atoms with Crippen molar-refractivity contribution >= 4 is 40.0 Å². The molecule has 1 aliphatic heterocycles. The number of aromatic nitrogens is 3. The predicted octanol–water partition coefficient (Wildman–Crippen LogP) is 4.65. The van der Waals surface area contributed by atoms with Crippen molar-refractivity contribution < 1.29 is 0 Å². The topological polar surface area (TPSA) is 57.2 Å². The van der Waals surface area contributed by atoms with Crippen molar-refractivity contribution in [1.82, 2.24) is 15.0 Å². The molecule has 0 radical (unpaired) electrons. The summed E-state index contributed by atoms with van der Waals surface area (Å²) in [6, 6.07) is 10.0. The van der Waals surface area contributed by atoms with E-state index in [0.29, 0.717) is 11.0 Å². The van der Waals surface area contributed by atoms with Crippen LogP contribution in [0.3, 0.4) is 0 Å². The first-order valence-electron chi connectivity index (χ1n) is 9.83. The zero-order chi connectivity index (χ0) is 20.4. The monoisotopic (exact) mass is 408 g/mol. The van der Waals surface area contributed by atoms with Crippen molar-refractivity contribution in [2.24, 2.45) is 0 Å². The molecule has 1 N–H and O–H groups in total. The third-order valence-electron chi connectivity index (χ3n) is 5.21. The first-order chi connectivity index (χ1) is 14.0. The molecule has 29 heavy (non-hydrogen) atoms. The van der Waals surface area contributed by atoms with Gasteiger partial charge in [-0.2, -0.15) is 4.98 Å². The Bertz CT molecular complexity index is 1060. The van der Waals surface area contributed by atoms with Gasteiger partial charge in [-0.15, -0.1) is 0 Å². The SMILES string of the molecule is C/C=C(\C)Nc1nc(C)cc(N2CCN(c3ccnc4cc(Cl)ccc34)CC2)n1. The van der Waals surface area contributed by atoms with E-state index in [2.05, 4.69) is 43.3 Å². The molecule has 1 aromatic carbocycles. The van der Waals surface area contributed by atoms with E-state index in [4.69, 9.17) is 16.6 Å². The number of fused-ring (bicyclic) bond motifs is 1. The fourth-order valence-corrected chi connectivity index (χ4v) is 3.74. The number of anilines is 3. The van der Waals surface area contributed by atoms with Gasteiger partial charge in [0.15, 0.2) is 0 Å². The molecule has 1 aliphatic rings. The lowest BCUT2D eigenvalue weighted by Crippen LogP contribution is -2.47. The maximum absolute atomic E-state index is 6.13. The van der Waals surface area contributed by atoms with Gasteiger partial charge < -0.3 is 15.1 Å². The molecular weight excluding hydrogens is 384 g/mol. The van der Waals surface area contributed by atoms with Crippen LogP contribution in [-0.2, 0) is 0 Å². The Labute approximate surface area is 176 Å². The highest BCUT2D eigenvalue weighted by atomic mass is 35.5. The van der Waals surface area contributed by atoms with Crippen molar-refractivity contribution in [3.63, 3.8) is 0 Å². The molecule has 1 saturated heterocycles. The van der Waals surface area contributed by atoms with Crippen LogP contribution in [0.4, 0.5) is 17.5 Å². The lowest BCUT2D eigenvalue weighted by atomic mass is 10.1. The summed E-state index contributed by atoms with van der Waals surface area (Å²) >= 11 is 6.13. The smallest absolute Gasteiger partial charge is 0.229 e. The zero-order valence-corrected chi connectivity index (χ0v) is 17.7. The van der Waals surface area contributed by atoms with Crippen LogP contribution < -0.4 is 15.1 Å². The molecule has 2 aromatic heterocycles. The Balaban J connectivity index is 1.52. The van der Waals surface area contributed by atoms with E-state index in [0.717, 1.165) is 54.3 Å². The van der Waals surface area contributed by atoms with Crippen molar-refractivity contribution in [2.75, 3.05) is 41.3 Å². The number of allylic oxidation sites excluding steroid dienone is 2. The Morgan fingerprint density at radius 2 is 1.83 bits per heavy atom. The summed E-state index contributed by atoms with van der Waals surface area (Å²) in [6.07, 6.45) is 3.87. The van der Waals surface area contributed by atoms with Crippen LogP contribution in [0, 0.1) is 6.92 Å². The van der Waals surface area contributed by atoms with E-state index >= 15 is 0 Å². The molecular formula is C22H25ClN6. The lowest BCUT2D eigenvalue weighted by Gasteiger charge is -2.37. The number of rotatable bonds is 4. The first kappa shape index (κ1) is 19.5. The summed E-state index contributed by atoms with van der Waals surface area (Å²) < 4.78 is 0. The molecule has 4 rings (SSSR count). The minimum atomic E-state index is 0.648. The minimum Gasteiger partial charge on any atom is -0.367 e. The third-order valence-corrected chi connectivity index (χ3v) is 5.44. The number of pyridine rings is 1. The quantitative estimate of drug-likeness (QED) is 0.678. The number of nitrogens with zero attached hydrogens (tertiary/aromatic N) is 5. The molecule has 3 aromatic rings. The van der Waals surface area contributed by atoms with E-state index in [1.807, 2.05) is 45.2 Å². The van der Waals surface area contributed by atoms with E-state index < -0.39 is 0 Å². The van der Waals surface area contributed by atoms with E-state index in [9.17, 15) is 0 Å². The van der Waals surface area contributed by atoms with Crippen LogP contribution in [0.2, 0.25) is 5.02 Å². The Morgan fingerprint density at radius 3 is 2.59 bits per heavy atom. The summed E-state index contributed by atoms with van der Waals surface area (Å²) in [5.74, 6) is 1.62. The van der Waals surface area contributed by atoms with Gasteiger partial charge in [0.2, 0.25) is 5.95 Å². The number of hydrogen-bond acceptors (Lipinski definition) is 6. The van der Waals surface area contributed by atoms with Crippen LogP contribution in [0.25, 0.3) is 10.9 Å². The number of piperazine rings is 1. The molecule has 0 bridgehead atoms. The second-order valence-electron chi connectivity index (χ2n) is 7.25. The molecule has 1 fully saturated rings. The highest BCUT2D eigenvalue weighted by Gasteiger charge is 2.20. The van der Waals surface area contributed by atoms with Gasteiger partial charge in [0, 0.05) is 65.9 Å².